The molecule has 132 valence electrons. The monoisotopic (exact) mass is 400 g/mol. The summed E-state index contributed by atoms with van der Waals surface area (Å²) in [7, 11) is -2.39. The number of anilines is 1. The Morgan fingerprint density at radius 3 is 2.72 bits per heavy atom. The van der Waals surface area contributed by atoms with E-state index in [0.29, 0.717) is 21.4 Å². The first kappa shape index (κ1) is 17.9. The van der Waals surface area contributed by atoms with Gasteiger partial charge in [0.25, 0.3) is 10.1 Å². The smallest absolute Gasteiger partial charge is 0.266 e. The van der Waals surface area contributed by atoms with Gasteiger partial charge in [0.1, 0.15) is 5.82 Å². The van der Waals surface area contributed by atoms with Crippen molar-refractivity contribution in [1.29, 1.82) is 0 Å². The van der Waals surface area contributed by atoms with Crippen LogP contribution in [0.3, 0.4) is 0 Å². The molecule has 1 aromatic carbocycles. The molecular weight excluding hydrogens is 387 g/mol. The molecule has 0 unspecified atom stereocenters. The Bertz CT molecular complexity index is 1020. The molecule has 10 heteroatoms. The van der Waals surface area contributed by atoms with Crippen LogP contribution in [-0.4, -0.2) is 46.9 Å². The summed E-state index contributed by atoms with van der Waals surface area (Å²) in [5.41, 5.74) is 1.27. The lowest BCUT2D eigenvalue weighted by molar-refractivity contribution is 0.483. The van der Waals surface area contributed by atoms with Gasteiger partial charge < -0.3 is 9.47 Å². The number of imidazole rings is 1. The second kappa shape index (κ2) is 6.80. The average Bonchev–Trinajstić information content (AvgIpc) is 3.09. The lowest BCUT2D eigenvalue weighted by Gasteiger charge is -2.20. The van der Waals surface area contributed by atoms with Crippen LogP contribution in [0.5, 0.6) is 0 Å². The van der Waals surface area contributed by atoms with Gasteiger partial charge in [-0.1, -0.05) is 23.2 Å². The van der Waals surface area contributed by atoms with Crippen molar-refractivity contribution in [2.75, 3.05) is 24.2 Å². The maximum Gasteiger partial charge on any atom is 0.266 e. The number of hydrogen-bond donors (Lipinski definition) is 1. The summed E-state index contributed by atoms with van der Waals surface area (Å²) in [4.78, 5) is 10.2. The second-order valence-electron chi connectivity index (χ2n) is 5.43. The Hall–Kier alpha value is -1.87. The normalized spacial score (nSPS) is 11.8. The molecule has 0 atom stereocenters. The molecule has 0 saturated carbocycles. The van der Waals surface area contributed by atoms with Gasteiger partial charge in [0.2, 0.25) is 0 Å². The van der Waals surface area contributed by atoms with Crippen LogP contribution in [0.25, 0.3) is 16.6 Å². The molecule has 0 bridgehead atoms. The summed E-state index contributed by atoms with van der Waals surface area (Å²) in [6.45, 7) is 0.0683. The molecule has 0 radical (unpaired) electrons. The van der Waals surface area contributed by atoms with Crippen molar-refractivity contribution in [3.05, 3.63) is 47.0 Å². The first-order valence-electron chi connectivity index (χ1n) is 7.19. The Labute approximate surface area is 154 Å². The molecule has 25 heavy (non-hydrogen) atoms. The number of aromatic nitrogens is 3. The number of rotatable bonds is 5. The third kappa shape index (κ3) is 3.87. The first-order chi connectivity index (χ1) is 11.8. The highest BCUT2D eigenvalue weighted by Crippen LogP contribution is 2.34. The highest BCUT2D eigenvalue weighted by Gasteiger charge is 2.15. The van der Waals surface area contributed by atoms with Crippen molar-refractivity contribution in [2.24, 2.45) is 0 Å². The lowest BCUT2D eigenvalue weighted by Crippen LogP contribution is -2.26. The molecule has 2 heterocycles. The van der Waals surface area contributed by atoms with Crippen LogP contribution in [0, 0.1) is 0 Å². The summed E-state index contributed by atoms with van der Waals surface area (Å²) in [6.07, 6.45) is 5.06. The van der Waals surface area contributed by atoms with E-state index in [0.717, 1.165) is 11.1 Å². The highest BCUT2D eigenvalue weighted by molar-refractivity contribution is 7.85. The fourth-order valence-corrected chi connectivity index (χ4v) is 3.24. The van der Waals surface area contributed by atoms with E-state index >= 15 is 0 Å². The molecule has 2 aromatic heterocycles. The number of benzene rings is 1. The van der Waals surface area contributed by atoms with E-state index in [4.69, 9.17) is 27.8 Å². The van der Waals surface area contributed by atoms with Crippen molar-refractivity contribution in [3.8, 4) is 5.69 Å². The minimum Gasteiger partial charge on any atom is -0.358 e. The summed E-state index contributed by atoms with van der Waals surface area (Å²) in [6, 6.07) is 5.29. The molecule has 7 nitrogen and oxygen atoms in total. The summed E-state index contributed by atoms with van der Waals surface area (Å²) >= 11 is 12.4. The van der Waals surface area contributed by atoms with Gasteiger partial charge in [-0.3, -0.25) is 4.55 Å². The molecule has 1 N–H and O–H groups in total. The summed E-state index contributed by atoms with van der Waals surface area (Å²) in [5.74, 6) is 0.0800. The molecular formula is C15H14Cl2N4O3S. The van der Waals surface area contributed by atoms with E-state index in [1.165, 1.54) is 0 Å². The molecule has 0 aliphatic rings. The van der Waals surface area contributed by atoms with E-state index in [1.54, 1.807) is 47.4 Å². The molecule has 3 aromatic rings. The number of halogens is 2. The predicted octanol–water partition coefficient (Wildman–Crippen LogP) is 3.05. The third-order valence-electron chi connectivity index (χ3n) is 3.70. The van der Waals surface area contributed by atoms with Crippen LogP contribution >= 0.6 is 23.2 Å². The van der Waals surface area contributed by atoms with Gasteiger partial charge >= 0.3 is 0 Å². The van der Waals surface area contributed by atoms with Crippen molar-refractivity contribution in [1.82, 2.24) is 14.5 Å². The van der Waals surface area contributed by atoms with E-state index in [1.807, 2.05) is 6.07 Å². The van der Waals surface area contributed by atoms with Crippen LogP contribution in [0.1, 0.15) is 0 Å². The van der Waals surface area contributed by atoms with E-state index in [-0.39, 0.29) is 6.54 Å². The van der Waals surface area contributed by atoms with E-state index in [9.17, 15) is 8.42 Å². The van der Waals surface area contributed by atoms with E-state index < -0.39 is 15.9 Å². The zero-order chi connectivity index (χ0) is 18.2. The third-order valence-corrected chi connectivity index (χ3v) is 5.19. The standard InChI is InChI=1S/C15H14Cl2N4O3S/c1-20(6-7-25(22,23)24)13-8-12(21-5-4-18-9-21)10-2-3-11(16)14(17)15(10)19-13/h2-5,8-9H,6-7H2,1H3,(H,22,23,24). The minimum absolute atomic E-state index is 0.0683. The number of pyridine rings is 1. The van der Waals surface area contributed by atoms with E-state index in [2.05, 4.69) is 9.97 Å². The van der Waals surface area contributed by atoms with Crippen molar-refractivity contribution in [3.63, 3.8) is 0 Å². The molecule has 0 aliphatic heterocycles. The molecule has 0 fully saturated rings. The van der Waals surface area contributed by atoms with Gasteiger partial charge in [-0.15, -0.1) is 0 Å². The Morgan fingerprint density at radius 1 is 1.32 bits per heavy atom. The molecule has 0 spiro atoms. The van der Waals surface area contributed by atoms with Crippen LogP contribution in [-0.2, 0) is 10.1 Å². The number of fused-ring (bicyclic) bond motifs is 1. The predicted molar refractivity (Wildman–Crippen MR) is 98.6 cm³/mol. The van der Waals surface area contributed by atoms with Crippen molar-refractivity contribution >= 4 is 50.0 Å². The summed E-state index contributed by atoms with van der Waals surface area (Å²) < 4.78 is 32.7. The quantitative estimate of drug-likeness (QED) is 0.662. The topological polar surface area (TPSA) is 88.3 Å². The van der Waals surface area contributed by atoms with Crippen LogP contribution < -0.4 is 4.90 Å². The molecule has 3 rings (SSSR count). The van der Waals surface area contributed by atoms with Gasteiger partial charge in [0.15, 0.2) is 0 Å². The van der Waals surface area contributed by atoms with Crippen LogP contribution in [0.15, 0.2) is 36.9 Å². The van der Waals surface area contributed by atoms with Gasteiger partial charge in [0, 0.05) is 37.4 Å². The Kier molecular flexibility index (Phi) is 4.88. The Morgan fingerprint density at radius 2 is 2.08 bits per heavy atom. The maximum atomic E-state index is 11.0. The minimum atomic E-state index is -4.07. The van der Waals surface area contributed by atoms with Gasteiger partial charge in [-0.2, -0.15) is 8.42 Å². The zero-order valence-electron chi connectivity index (χ0n) is 13.1. The van der Waals surface area contributed by atoms with Crippen LogP contribution in [0.2, 0.25) is 10.0 Å². The fourth-order valence-electron chi connectivity index (χ4n) is 2.38. The average molecular weight is 401 g/mol. The van der Waals surface area contributed by atoms with Gasteiger partial charge in [-0.25, -0.2) is 9.97 Å². The molecule has 0 saturated heterocycles. The largest absolute Gasteiger partial charge is 0.358 e. The highest BCUT2D eigenvalue weighted by atomic mass is 35.5. The molecule has 0 aliphatic carbocycles. The zero-order valence-corrected chi connectivity index (χ0v) is 15.4. The number of nitrogens with zero attached hydrogens (tertiary/aromatic N) is 4. The van der Waals surface area contributed by atoms with Gasteiger partial charge in [-0.05, 0) is 12.1 Å². The maximum absolute atomic E-state index is 11.0. The second-order valence-corrected chi connectivity index (χ2v) is 7.79. The molecule has 0 amide bonds. The van der Waals surface area contributed by atoms with Crippen molar-refractivity contribution in [2.45, 2.75) is 0 Å². The van der Waals surface area contributed by atoms with Crippen molar-refractivity contribution < 1.29 is 13.0 Å². The number of hydrogen-bond acceptors (Lipinski definition) is 5. The summed E-state index contributed by atoms with van der Waals surface area (Å²) in [5, 5.41) is 1.46. The fraction of sp³-hybridized carbons (Fsp3) is 0.200. The SMILES string of the molecule is CN(CCS(=O)(=O)O)c1cc(-n2ccnc2)c2ccc(Cl)c(Cl)c2n1. The van der Waals surface area contributed by atoms with Gasteiger partial charge in [0.05, 0.1) is 33.3 Å². The first-order valence-corrected chi connectivity index (χ1v) is 9.56. The van der Waals surface area contributed by atoms with Crippen LogP contribution in [0.4, 0.5) is 5.82 Å². The lowest BCUT2D eigenvalue weighted by atomic mass is 10.1. The Balaban J connectivity index is 2.15.